The normalized spacial score (nSPS) is 31.4. The van der Waals surface area contributed by atoms with Gasteiger partial charge < -0.3 is 76.5 Å². The molecule has 3 fully saturated rings. The van der Waals surface area contributed by atoms with Gasteiger partial charge in [0, 0.05) is 67.5 Å². The van der Waals surface area contributed by atoms with Crippen LogP contribution in [0.2, 0.25) is 0 Å². The summed E-state index contributed by atoms with van der Waals surface area (Å²) in [7, 11) is 0. The maximum Gasteiger partial charge on any atom is 0.303 e. The van der Waals surface area contributed by atoms with E-state index in [0.29, 0.717) is 0 Å². The molecule has 0 amide bonds. The van der Waals surface area contributed by atoms with Crippen molar-refractivity contribution in [3.05, 3.63) is 34.4 Å². The highest BCUT2D eigenvalue weighted by Crippen LogP contribution is 2.36. The molecule has 0 bridgehead atoms. The Morgan fingerprint density at radius 3 is 1.30 bits per heavy atom. The van der Waals surface area contributed by atoms with Crippen molar-refractivity contribution in [1.29, 1.82) is 0 Å². The van der Waals surface area contributed by atoms with E-state index in [9.17, 15) is 58.7 Å². The number of aliphatic hydroxyl groups excluding tert-OH is 2. The Balaban J connectivity index is 1.78. The molecule has 3 aliphatic rings. The minimum Gasteiger partial charge on any atom is -0.463 e. The molecule has 3 heterocycles. The van der Waals surface area contributed by atoms with E-state index in [2.05, 4.69) is 0 Å². The molecule has 0 radical (unpaired) electrons. The number of rotatable bonds is 18. The van der Waals surface area contributed by atoms with E-state index < -0.39 is 165 Å². The van der Waals surface area contributed by atoms with Crippen LogP contribution < -0.4 is 4.74 Å². The first-order valence-corrected chi connectivity index (χ1v) is 20.3. The Morgan fingerprint density at radius 1 is 0.493 bits per heavy atom. The Morgan fingerprint density at radius 2 is 0.881 bits per heavy atom. The highest BCUT2D eigenvalue weighted by molar-refractivity contribution is 5.70. The van der Waals surface area contributed by atoms with E-state index in [0.717, 1.165) is 79.7 Å². The van der Waals surface area contributed by atoms with Crippen molar-refractivity contribution in [3.8, 4) is 5.75 Å². The maximum absolute atomic E-state index is 12.5. The molecule has 3 saturated heterocycles. The molecule has 4 rings (SSSR count). The SMILES string of the molecule is CC(=O)OC[C@H]1O[C@H](OC[C@H]2O[C@H](Oc3ccc([N+](=O)[O-])cc3)[C@@H](O)[C@@H](O[C@H]3O[C@H](COC(C)=O)[C@@H](OC(C)=O)[C@H](OC(C)=O)[C@@H]3OC(C)=O)[C@@H]2O)[C@@H](OC(C)=O)[C@@H](OC(C)=O)[C@@H]1OC(C)=O. The molecule has 0 spiro atoms. The lowest BCUT2D eigenvalue weighted by Crippen LogP contribution is -2.67. The van der Waals surface area contributed by atoms with Crippen molar-refractivity contribution in [2.75, 3.05) is 19.8 Å². The van der Waals surface area contributed by atoms with E-state index in [1.54, 1.807) is 0 Å². The van der Waals surface area contributed by atoms with Crippen molar-refractivity contribution in [2.24, 2.45) is 0 Å². The Bertz CT molecular complexity index is 1960. The molecule has 0 saturated carbocycles. The van der Waals surface area contributed by atoms with Gasteiger partial charge in [-0.2, -0.15) is 0 Å². The maximum atomic E-state index is 12.5. The average Bonchev–Trinajstić information content (AvgIpc) is 3.21. The summed E-state index contributed by atoms with van der Waals surface area (Å²) in [5.74, 6) is -7.49. The molecule has 15 atom stereocenters. The molecule has 27 nitrogen and oxygen atoms in total. The molecule has 27 heteroatoms. The van der Waals surface area contributed by atoms with E-state index in [1.807, 2.05) is 0 Å². The van der Waals surface area contributed by atoms with Crippen molar-refractivity contribution < 1.29 is 120 Å². The number of aliphatic hydroxyl groups is 2. The summed E-state index contributed by atoms with van der Waals surface area (Å²) in [5.41, 5.74) is -0.339. The number of ether oxygens (including phenoxy) is 14. The van der Waals surface area contributed by atoms with Crippen LogP contribution in [-0.2, 0) is 99.9 Å². The molecule has 1 aromatic rings. The number of carbonyl (C=O) groups excluding carboxylic acids is 8. The quantitative estimate of drug-likeness (QED) is 0.0770. The topological polar surface area (TPSA) is 349 Å². The van der Waals surface area contributed by atoms with E-state index in [4.69, 9.17) is 66.3 Å². The summed E-state index contributed by atoms with van der Waals surface area (Å²) < 4.78 is 78.6. The molecule has 3 aliphatic heterocycles. The van der Waals surface area contributed by atoms with Crippen LogP contribution >= 0.6 is 0 Å². The smallest absolute Gasteiger partial charge is 0.303 e. The first-order chi connectivity index (χ1) is 31.4. The van der Waals surface area contributed by atoms with E-state index in [-0.39, 0.29) is 11.4 Å². The van der Waals surface area contributed by atoms with Gasteiger partial charge in [-0.05, 0) is 12.1 Å². The van der Waals surface area contributed by atoms with Crippen LogP contribution in [0.4, 0.5) is 5.69 Å². The third-order valence-corrected chi connectivity index (χ3v) is 9.55. The zero-order valence-electron chi connectivity index (χ0n) is 37.2. The zero-order valence-corrected chi connectivity index (χ0v) is 37.2. The summed E-state index contributed by atoms with van der Waals surface area (Å²) in [6.07, 6.45) is -26.6. The van der Waals surface area contributed by atoms with Crippen LogP contribution in [0.5, 0.6) is 5.75 Å². The van der Waals surface area contributed by atoms with Gasteiger partial charge in [0.15, 0.2) is 49.2 Å². The van der Waals surface area contributed by atoms with Crippen molar-refractivity contribution in [3.63, 3.8) is 0 Å². The van der Waals surface area contributed by atoms with Gasteiger partial charge in [-0.3, -0.25) is 48.5 Å². The fourth-order valence-corrected chi connectivity index (χ4v) is 7.04. The molecule has 0 unspecified atom stereocenters. The number of non-ortho nitro benzene ring substituents is 1. The minimum atomic E-state index is -2.07. The van der Waals surface area contributed by atoms with E-state index in [1.165, 1.54) is 0 Å². The van der Waals surface area contributed by atoms with Gasteiger partial charge in [-0.1, -0.05) is 0 Å². The van der Waals surface area contributed by atoms with Crippen molar-refractivity contribution in [2.45, 2.75) is 148 Å². The number of nitrogens with zero attached hydrogens (tertiary/aromatic N) is 1. The Labute approximate surface area is 380 Å². The average molecular weight is 962 g/mol. The van der Waals surface area contributed by atoms with Crippen LogP contribution in [-0.4, -0.2) is 175 Å². The van der Waals surface area contributed by atoms with Crippen LogP contribution in [0.15, 0.2) is 24.3 Å². The van der Waals surface area contributed by atoms with Gasteiger partial charge in [0.2, 0.25) is 6.29 Å². The molecule has 67 heavy (non-hydrogen) atoms. The Hall–Kier alpha value is -6.10. The summed E-state index contributed by atoms with van der Waals surface area (Å²) >= 11 is 0. The van der Waals surface area contributed by atoms with Crippen LogP contribution in [0, 0.1) is 10.1 Å². The summed E-state index contributed by atoms with van der Waals surface area (Å²) in [6.45, 7) is 5.92. The number of hydrogen-bond acceptors (Lipinski definition) is 26. The number of hydrogen-bond donors (Lipinski definition) is 2. The molecular weight excluding hydrogens is 910 g/mol. The standard InChI is InChI=1S/C40H51NO26/c1-16(42)54-14-27-31(57-18(3)44)34(59-20(5)46)36(61-22(7)48)39(65-27)56-13-26-29(50)33(30(51)38(64-26)63-25-11-9-24(10-12-25)41(52)53)67-40-37(62-23(8)49)35(60-21(6)47)32(58-19(4)45)28(66-40)15-55-17(2)43/h9-12,26-40,50-51H,13-15H2,1-8H3/t26-,27-,28-,29-,30+,31-,32-,33+,34+,35+,36+,37+,38+,39+,40-/m1/s1. The van der Waals surface area contributed by atoms with Crippen molar-refractivity contribution >= 4 is 53.4 Å². The highest BCUT2D eigenvalue weighted by atomic mass is 16.8. The molecule has 0 aliphatic carbocycles. The number of carbonyl (C=O) groups is 8. The minimum absolute atomic E-state index is 0.128. The van der Waals surface area contributed by atoms with Gasteiger partial charge in [-0.25, -0.2) is 0 Å². The Kier molecular flexibility index (Phi) is 19.2. The fourth-order valence-electron chi connectivity index (χ4n) is 7.04. The molecule has 1 aromatic carbocycles. The third-order valence-electron chi connectivity index (χ3n) is 9.55. The molecule has 372 valence electrons. The largest absolute Gasteiger partial charge is 0.463 e. The first kappa shape index (κ1) is 53.5. The van der Waals surface area contributed by atoms with Gasteiger partial charge in [0.05, 0.1) is 11.5 Å². The van der Waals surface area contributed by atoms with Gasteiger partial charge in [-0.15, -0.1) is 0 Å². The summed E-state index contributed by atoms with van der Waals surface area (Å²) in [6, 6.07) is 4.43. The van der Waals surface area contributed by atoms with Crippen LogP contribution in [0.3, 0.4) is 0 Å². The first-order valence-electron chi connectivity index (χ1n) is 20.3. The van der Waals surface area contributed by atoms with Crippen LogP contribution in [0.25, 0.3) is 0 Å². The van der Waals surface area contributed by atoms with E-state index >= 15 is 0 Å². The lowest BCUT2D eigenvalue weighted by atomic mass is 9.96. The van der Waals surface area contributed by atoms with Crippen molar-refractivity contribution in [1.82, 2.24) is 0 Å². The zero-order chi connectivity index (χ0) is 49.9. The molecule has 2 N–H and O–H groups in total. The second-order valence-electron chi connectivity index (χ2n) is 15.0. The predicted octanol–water partition coefficient (Wildman–Crippen LogP) is -1.01. The number of nitro groups is 1. The molecule has 0 aromatic heterocycles. The molecular formula is C40H51NO26. The summed E-state index contributed by atoms with van der Waals surface area (Å²) in [4.78, 5) is 109. The second-order valence-corrected chi connectivity index (χ2v) is 15.0. The lowest BCUT2D eigenvalue weighted by Gasteiger charge is -2.48. The number of esters is 8. The summed E-state index contributed by atoms with van der Waals surface area (Å²) in [5, 5.41) is 35.0. The highest BCUT2D eigenvalue weighted by Gasteiger charge is 2.57. The van der Waals surface area contributed by atoms with Gasteiger partial charge >= 0.3 is 47.8 Å². The fraction of sp³-hybridized carbons (Fsp3) is 0.650. The number of benzene rings is 1. The van der Waals surface area contributed by atoms with Gasteiger partial charge in [0.1, 0.15) is 55.6 Å². The monoisotopic (exact) mass is 961 g/mol. The lowest BCUT2D eigenvalue weighted by molar-refractivity contribution is -0.384. The second kappa shape index (κ2) is 24.1. The van der Waals surface area contributed by atoms with Crippen LogP contribution in [0.1, 0.15) is 55.4 Å². The van der Waals surface area contributed by atoms with Gasteiger partial charge in [0.25, 0.3) is 5.69 Å². The predicted molar refractivity (Wildman–Crippen MR) is 209 cm³/mol. The number of nitro benzene ring substituents is 1. The third kappa shape index (κ3) is 15.2.